The molecule has 1 aromatic heterocycles. The third-order valence-corrected chi connectivity index (χ3v) is 6.12. The van der Waals surface area contributed by atoms with E-state index in [2.05, 4.69) is 15.5 Å². The van der Waals surface area contributed by atoms with Crippen molar-refractivity contribution in [2.75, 3.05) is 13.1 Å². The molecule has 1 atom stereocenters. The SMILES string of the molecule is O=C(NCCc1cn[nH]c1)C1CCCN1S(=O)(=O)c1ccc(F)cc1. The van der Waals surface area contributed by atoms with Gasteiger partial charge in [-0.1, -0.05) is 0 Å². The molecule has 2 heterocycles. The van der Waals surface area contributed by atoms with Crippen molar-refractivity contribution in [3.63, 3.8) is 0 Å². The fourth-order valence-electron chi connectivity index (χ4n) is 2.89. The lowest BCUT2D eigenvalue weighted by Crippen LogP contribution is -2.46. The third kappa shape index (κ3) is 3.88. The van der Waals surface area contributed by atoms with Crippen LogP contribution < -0.4 is 5.32 Å². The maximum Gasteiger partial charge on any atom is 0.243 e. The van der Waals surface area contributed by atoms with Crippen LogP contribution >= 0.6 is 0 Å². The van der Waals surface area contributed by atoms with Gasteiger partial charge in [0, 0.05) is 19.3 Å². The topological polar surface area (TPSA) is 95.2 Å². The number of amides is 1. The average Bonchev–Trinajstić information content (AvgIpc) is 3.27. The van der Waals surface area contributed by atoms with Crippen molar-refractivity contribution in [2.45, 2.75) is 30.2 Å². The van der Waals surface area contributed by atoms with Crippen LogP contribution in [0.1, 0.15) is 18.4 Å². The number of halogens is 1. The zero-order valence-electron chi connectivity index (χ0n) is 13.5. The van der Waals surface area contributed by atoms with Crippen molar-refractivity contribution in [1.29, 1.82) is 0 Å². The Morgan fingerprint density at radius 1 is 1.36 bits per heavy atom. The van der Waals surface area contributed by atoms with Crippen molar-refractivity contribution >= 4 is 15.9 Å². The highest BCUT2D eigenvalue weighted by atomic mass is 32.2. The summed E-state index contributed by atoms with van der Waals surface area (Å²) in [5.41, 5.74) is 0.961. The Morgan fingerprint density at radius 3 is 2.80 bits per heavy atom. The van der Waals surface area contributed by atoms with Crippen LogP contribution in [0.2, 0.25) is 0 Å². The second-order valence-electron chi connectivity index (χ2n) is 5.88. The van der Waals surface area contributed by atoms with E-state index in [1.165, 1.54) is 16.4 Å². The standard InChI is InChI=1S/C16H19FN4O3S/c17-13-3-5-14(6-4-13)25(23,24)21-9-1-2-15(21)16(22)18-8-7-12-10-19-20-11-12/h3-6,10-11,15H,1-2,7-9H2,(H,18,22)(H,19,20). The van der Waals surface area contributed by atoms with Crippen LogP contribution in [0.3, 0.4) is 0 Å². The molecule has 0 aliphatic carbocycles. The number of aromatic nitrogens is 2. The molecular formula is C16H19FN4O3S. The normalized spacial score (nSPS) is 18.4. The smallest absolute Gasteiger partial charge is 0.243 e. The fraction of sp³-hybridized carbons (Fsp3) is 0.375. The molecule has 1 aliphatic heterocycles. The van der Waals surface area contributed by atoms with Crippen molar-refractivity contribution < 1.29 is 17.6 Å². The molecular weight excluding hydrogens is 347 g/mol. The number of benzene rings is 1. The molecule has 2 aromatic rings. The molecule has 7 nitrogen and oxygen atoms in total. The van der Waals surface area contributed by atoms with Gasteiger partial charge in [-0.15, -0.1) is 0 Å². The van der Waals surface area contributed by atoms with Gasteiger partial charge in [-0.2, -0.15) is 9.40 Å². The number of carbonyl (C=O) groups excluding carboxylic acids is 1. The second kappa shape index (κ2) is 7.32. The summed E-state index contributed by atoms with van der Waals surface area (Å²) >= 11 is 0. The molecule has 2 N–H and O–H groups in total. The Balaban J connectivity index is 1.66. The quantitative estimate of drug-likeness (QED) is 0.799. The van der Waals surface area contributed by atoms with Gasteiger partial charge in [-0.3, -0.25) is 9.89 Å². The lowest BCUT2D eigenvalue weighted by atomic mass is 10.2. The molecule has 0 bridgehead atoms. The summed E-state index contributed by atoms with van der Waals surface area (Å²) in [7, 11) is -3.83. The van der Waals surface area contributed by atoms with Gasteiger partial charge in [0.05, 0.1) is 11.1 Å². The number of sulfonamides is 1. The predicted octanol–water partition coefficient (Wildman–Crippen LogP) is 1.06. The molecule has 134 valence electrons. The van der Waals surface area contributed by atoms with E-state index in [0.29, 0.717) is 25.8 Å². The number of H-pyrrole nitrogens is 1. The molecule has 1 saturated heterocycles. The van der Waals surface area contributed by atoms with Crippen molar-refractivity contribution in [1.82, 2.24) is 19.8 Å². The molecule has 1 unspecified atom stereocenters. The third-order valence-electron chi connectivity index (χ3n) is 4.19. The first-order valence-electron chi connectivity index (χ1n) is 8.01. The van der Waals surface area contributed by atoms with E-state index in [4.69, 9.17) is 0 Å². The van der Waals surface area contributed by atoms with Gasteiger partial charge in [0.15, 0.2) is 0 Å². The highest BCUT2D eigenvalue weighted by Gasteiger charge is 2.39. The van der Waals surface area contributed by atoms with Crippen molar-refractivity contribution in [3.05, 3.63) is 48.0 Å². The maximum absolute atomic E-state index is 13.0. The van der Waals surface area contributed by atoms with E-state index in [9.17, 15) is 17.6 Å². The molecule has 1 amide bonds. The van der Waals surface area contributed by atoms with Crippen molar-refractivity contribution in [2.24, 2.45) is 0 Å². The van der Waals surface area contributed by atoms with Crippen LogP contribution in [-0.2, 0) is 21.2 Å². The summed E-state index contributed by atoms with van der Waals surface area (Å²) in [6.45, 7) is 0.679. The molecule has 9 heteroatoms. The summed E-state index contributed by atoms with van der Waals surface area (Å²) in [5, 5.41) is 9.30. The number of aromatic amines is 1. The lowest BCUT2D eigenvalue weighted by Gasteiger charge is -2.23. The number of hydrogen-bond acceptors (Lipinski definition) is 4. The van der Waals surface area contributed by atoms with Gasteiger partial charge in [0.1, 0.15) is 11.9 Å². The Labute approximate surface area is 145 Å². The molecule has 0 spiro atoms. The fourth-order valence-corrected chi connectivity index (χ4v) is 4.55. The van der Waals surface area contributed by atoms with Crippen molar-refractivity contribution in [3.8, 4) is 0 Å². The van der Waals surface area contributed by atoms with Crippen LogP contribution in [0.25, 0.3) is 0 Å². The second-order valence-corrected chi connectivity index (χ2v) is 7.77. The number of rotatable bonds is 6. The zero-order chi connectivity index (χ0) is 17.9. The van der Waals surface area contributed by atoms with Crippen LogP contribution in [0.15, 0.2) is 41.6 Å². The molecule has 25 heavy (non-hydrogen) atoms. The van der Waals surface area contributed by atoms with E-state index < -0.39 is 21.9 Å². The van der Waals surface area contributed by atoms with E-state index in [1.54, 1.807) is 12.4 Å². The van der Waals surface area contributed by atoms with Crippen LogP contribution in [0.4, 0.5) is 4.39 Å². The minimum atomic E-state index is -3.83. The molecule has 3 rings (SSSR count). The molecule has 1 aliphatic rings. The summed E-state index contributed by atoms with van der Waals surface area (Å²) in [6, 6.07) is 3.90. The minimum absolute atomic E-state index is 0.00741. The van der Waals surface area contributed by atoms with Gasteiger partial charge in [-0.25, -0.2) is 12.8 Å². The first-order chi connectivity index (χ1) is 12.0. The van der Waals surface area contributed by atoms with Crippen LogP contribution in [0.5, 0.6) is 0 Å². The number of carbonyl (C=O) groups is 1. The Hall–Kier alpha value is -2.26. The van der Waals surface area contributed by atoms with Crippen LogP contribution in [-0.4, -0.2) is 48.0 Å². The lowest BCUT2D eigenvalue weighted by molar-refractivity contribution is -0.124. The summed E-state index contributed by atoms with van der Waals surface area (Å²) in [6.07, 6.45) is 5.11. The Morgan fingerprint density at radius 2 is 2.12 bits per heavy atom. The van der Waals surface area contributed by atoms with E-state index in [1.807, 2.05) is 0 Å². The zero-order valence-corrected chi connectivity index (χ0v) is 14.3. The van der Waals surface area contributed by atoms with Gasteiger partial charge >= 0.3 is 0 Å². The predicted molar refractivity (Wildman–Crippen MR) is 88.6 cm³/mol. The first-order valence-corrected chi connectivity index (χ1v) is 9.45. The maximum atomic E-state index is 13.0. The molecule has 1 aromatic carbocycles. The van der Waals surface area contributed by atoms with Gasteiger partial charge < -0.3 is 5.32 Å². The van der Waals surface area contributed by atoms with Gasteiger partial charge in [0.25, 0.3) is 0 Å². The molecule has 0 saturated carbocycles. The highest BCUT2D eigenvalue weighted by Crippen LogP contribution is 2.26. The summed E-state index contributed by atoms with van der Waals surface area (Å²) < 4.78 is 39.7. The van der Waals surface area contributed by atoms with Gasteiger partial charge in [-0.05, 0) is 49.1 Å². The number of hydrogen-bond donors (Lipinski definition) is 2. The minimum Gasteiger partial charge on any atom is -0.354 e. The molecule has 1 fully saturated rings. The largest absolute Gasteiger partial charge is 0.354 e. The number of nitrogens with zero attached hydrogens (tertiary/aromatic N) is 2. The summed E-state index contributed by atoms with van der Waals surface area (Å²) in [5.74, 6) is -0.819. The van der Waals surface area contributed by atoms with E-state index >= 15 is 0 Å². The average molecular weight is 366 g/mol. The highest BCUT2D eigenvalue weighted by molar-refractivity contribution is 7.89. The first kappa shape index (κ1) is 17.6. The van der Waals surface area contributed by atoms with Crippen LogP contribution in [0, 0.1) is 5.82 Å². The van der Waals surface area contributed by atoms with E-state index in [-0.39, 0.29) is 17.3 Å². The number of nitrogens with one attached hydrogen (secondary N) is 2. The Kier molecular flexibility index (Phi) is 5.14. The summed E-state index contributed by atoms with van der Waals surface area (Å²) in [4.78, 5) is 12.4. The monoisotopic (exact) mass is 366 g/mol. The Bertz CT molecular complexity index is 822. The molecule has 0 radical (unpaired) electrons. The van der Waals surface area contributed by atoms with Gasteiger partial charge in [0.2, 0.25) is 15.9 Å². The van der Waals surface area contributed by atoms with E-state index in [0.717, 1.165) is 17.7 Å².